The van der Waals surface area contributed by atoms with Crippen LogP contribution in [0, 0.1) is 13.8 Å². The van der Waals surface area contributed by atoms with E-state index in [1.54, 1.807) is 12.5 Å². The van der Waals surface area contributed by atoms with E-state index in [0.29, 0.717) is 6.54 Å². The molecule has 0 aliphatic carbocycles. The van der Waals surface area contributed by atoms with Crippen LogP contribution < -0.4 is 10.6 Å². The smallest absolute Gasteiger partial charge is 0.315 e. The first-order valence-electron chi connectivity index (χ1n) is 7.98. The van der Waals surface area contributed by atoms with Crippen LogP contribution in [-0.4, -0.2) is 33.3 Å². The van der Waals surface area contributed by atoms with Gasteiger partial charge < -0.3 is 19.7 Å². The lowest BCUT2D eigenvalue weighted by atomic mass is 10.1. The number of rotatable bonds is 8. The average Bonchev–Trinajstić information content (AvgIpc) is 3.12. The first-order valence-corrected chi connectivity index (χ1v) is 7.98. The molecule has 7 heteroatoms. The highest BCUT2D eigenvalue weighted by Crippen LogP contribution is 2.14. The quantitative estimate of drug-likeness (QED) is 0.731. The van der Waals surface area contributed by atoms with Crippen LogP contribution in [0.3, 0.4) is 0 Å². The van der Waals surface area contributed by atoms with Gasteiger partial charge in [-0.2, -0.15) is 0 Å². The number of aromatic nitrogens is 3. The molecule has 0 saturated carbocycles. The van der Waals surface area contributed by atoms with Gasteiger partial charge in [-0.1, -0.05) is 5.16 Å². The predicted molar refractivity (Wildman–Crippen MR) is 87.1 cm³/mol. The molecule has 0 aromatic carbocycles. The fourth-order valence-electron chi connectivity index (χ4n) is 2.47. The molecule has 0 unspecified atom stereocenters. The van der Waals surface area contributed by atoms with E-state index in [4.69, 9.17) is 4.52 Å². The minimum atomic E-state index is -0.133. The molecule has 2 amide bonds. The first kappa shape index (κ1) is 17.1. The third-order valence-corrected chi connectivity index (χ3v) is 3.76. The maximum absolute atomic E-state index is 11.9. The van der Waals surface area contributed by atoms with Crippen molar-refractivity contribution in [3.05, 3.63) is 35.7 Å². The van der Waals surface area contributed by atoms with E-state index >= 15 is 0 Å². The van der Waals surface area contributed by atoms with Crippen molar-refractivity contribution in [1.29, 1.82) is 0 Å². The van der Waals surface area contributed by atoms with Gasteiger partial charge in [-0.25, -0.2) is 9.78 Å². The second-order valence-electron chi connectivity index (χ2n) is 5.82. The van der Waals surface area contributed by atoms with Gasteiger partial charge in [0.15, 0.2) is 0 Å². The lowest BCUT2D eigenvalue weighted by Gasteiger charge is -2.14. The Morgan fingerprint density at radius 3 is 2.87 bits per heavy atom. The van der Waals surface area contributed by atoms with E-state index in [-0.39, 0.29) is 12.1 Å². The minimum Gasteiger partial charge on any atom is -0.361 e. The molecule has 0 saturated heterocycles. The lowest BCUT2D eigenvalue weighted by Crippen LogP contribution is -2.42. The zero-order valence-electron chi connectivity index (χ0n) is 14.0. The molecule has 2 heterocycles. The minimum absolute atomic E-state index is 0.0257. The van der Waals surface area contributed by atoms with Crippen LogP contribution >= 0.6 is 0 Å². The van der Waals surface area contributed by atoms with Crippen LogP contribution in [0.15, 0.2) is 23.2 Å². The molecule has 23 heavy (non-hydrogen) atoms. The fraction of sp³-hybridized carbons (Fsp3) is 0.562. The number of carbonyl (C=O) groups is 1. The summed E-state index contributed by atoms with van der Waals surface area (Å²) < 4.78 is 7.17. The molecule has 0 spiro atoms. The Morgan fingerprint density at radius 2 is 2.22 bits per heavy atom. The van der Waals surface area contributed by atoms with E-state index < -0.39 is 0 Å². The van der Waals surface area contributed by atoms with E-state index in [0.717, 1.165) is 42.8 Å². The summed E-state index contributed by atoms with van der Waals surface area (Å²) in [6.45, 7) is 7.37. The summed E-state index contributed by atoms with van der Waals surface area (Å²) >= 11 is 0. The van der Waals surface area contributed by atoms with Crippen LogP contribution in [0.5, 0.6) is 0 Å². The normalized spacial score (nSPS) is 12.1. The second-order valence-corrected chi connectivity index (χ2v) is 5.82. The molecular formula is C16H25N5O2. The van der Waals surface area contributed by atoms with Gasteiger partial charge in [-0.15, -0.1) is 0 Å². The summed E-state index contributed by atoms with van der Waals surface area (Å²) in [4.78, 5) is 15.9. The molecule has 2 aromatic rings. The molecule has 0 aliphatic rings. The Kier molecular flexibility index (Phi) is 6.19. The molecule has 2 N–H and O–H groups in total. The zero-order valence-corrected chi connectivity index (χ0v) is 14.0. The van der Waals surface area contributed by atoms with Crippen LogP contribution in [0.1, 0.15) is 36.8 Å². The maximum atomic E-state index is 11.9. The van der Waals surface area contributed by atoms with E-state index in [1.807, 2.05) is 31.5 Å². The van der Waals surface area contributed by atoms with Gasteiger partial charge in [-0.3, -0.25) is 0 Å². The van der Waals surface area contributed by atoms with Gasteiger partial charge in [-0.05, 0) is 40.0 Å². The number of urea groups is 1. The summed E-state index contributed by atoms with van der Waals surface area (Å²) in [5.74, 6) is 0.816. The second kappa shape index (κ2) is 8.36. The molecule has 2 aromatic heterocycles. The Labute approximate surface area is 136 Å². The number of unbranched alkanes of at least 4 members (excludes halogenated alkanes) is 1. The number of hydrogen-bond acceptors (Lipinski definition) is 4. The summed E-state index contributed by atoms with van der Waals surface area (Å²) in [5.41, 5.74) is 1.95. The Balaban J connectivity index is 1.60. The van der Waals surface area contributed by atoms with Gasteiger partial charge in [0, 0.05) is 37.1 Å². The molecule has 1 atom stereocenters. The summed E-state index contributed by atoms with van der Waals surface area (Å²) in [7, 11) is 0. The van der Waals surface area contributed by atoms with Crippen molar-refractivity contribution in [1.82, 2.24) is 25.3 Å². The van der Waals surface area contributed by atoms with Gasteiger partial charge in [0.2, 0.25) is 0 Å². The molecular weight excluding hydrogens is 294 g/mol. The monoisotopic (exact) mass is 319 g/mol. The Morgan fingerprint density at radius 1 is 1.39 bits per heavy atom. The van der Waals surface area contributed by atoms with Crippen molar-refractivity contribution in [2.45, 2.75) is 52.6 Å². The number of aryl methyl sites for hydroxylation is 3. The van der Waals surface area contributed by atoms with Crippen molar-refractivity contribution < 1.29 is 9.32 Å². The van der Waals surface area contributed by atoms with Gasteiger partial charge in [0.1, 0.15) is 5.76 Å². The number of carbonyl (C=O) groups excluding carboxylic acids is 1. The fourth-order valence-corrected chi connectivity index (χ4v) is 2.47. The van der Waals surface area contributed by atoms with E-state index in [2.05, 4.69) is 20.8 Å². The molecule has 0 fully saturated rings. The predicted octanol–water partition coefficient (Wildman–Crippen LogP) is 2.20. The van der Waals surface area contributed by atoms with Crippen LogP contribution in [-0.2, 0) is 13.0 Å². The number of imidazole rings is 1. The SMILES string of the molecule is Cc1noc(C)c1C[C@H](C)NC(=O)NCCCCn1ccnc1. The van der Waals surface area contributed by atoms with Crippen molar-refractivity contribution in [2.75, 3.05) is 6.54 Å². The molecule has 7 nitrogen and oxygen atoms in total. The molecule has 0 bridgehead atoms. The topological polar surface area (TPSA) is 85.0 Å². The number of amides is 2. The molecule has 2 rings (SSSR count). The van der Waals surface area contributed by atoms with E-state index in [9.17, 15) is 4.79 Å². The average molecular weight is 319 g/mol. The first-order chi connectivity index (χ1) is 11.1. The third kappa shape index (κ3) is 5.43. The Bertz CT molecular complexity index is 587. The Hall–Kier alpha value is -2.31. The van der Waals surface area contributed by atoms with Crippen molar-refractivity contribution in [3.8, 4) is 0 Å². The van der Waals surface area contributed by atoms with Crippen LogP contribution in [0.2, 0.25) is 0 Å². The maximum Gasteiger partial charge on any atom is 0.315 e. The van der Waals surface area contributed by atoms with Gasteiger partial charge in [0.05, 0.1) is 12.0 Å². The van der Waals surface area contributed by atoms with Crippen molar-refractivity contribution in [2.24, 2.45) is 0 Å². The van der Waals surface area contributed by atoms with Gasteiger partial charge >= 0.3 is 6.03 Å². The standard InChI is InChI=1S/C16H25N5O2/c1-12(10-15-13(2)20-23-14(15)3)19-16(22)18-6-4-5-8-21-9-7-17-11-21/h7,9,11-12H,4-6,8,10H2,1-3H3,(H2,18,19,22)/t12-/m0/s1. The highest BCUT2D eigenvalue weighted by atomic mass is 16.5. The van der Waals surface area contributed by atoms with Crippen molar-refractivity contribution in [3.63, 3.8) is 0 Å². The highest BCUT2D eigenvalue weighted by Gasteiger charge is 2.14. The van der Waals surface area contributed by atoms with Crippen molar-refractivity contribution >= 4 is 6.03 Å². The number of hydrogen-bond donors (Lipinski definition) is 2. The van der Waals surface area contributed by atoms with E-state index in [1.165, 1.54) is 0 Å². The third-order valence-electron chi connectivity index (χ3n) is 3.76. The summed E-state index contributed by atoms with van der Waals surface area (Å²) in [6, 6.07) is -0.107. The zero-order chi connectivity index (χ0) is 16.7. The summed E-state index contributed by atoms with van der Waals surface area (Å²) in [5, 5.41) is 9.76. The van der Waals surface area contributed by atoms with Crippen LogP contribution in [0.4, 0.5) is 4.79 Å². The van der Waals surface area contributed by atoms with Gasteiger partial charge in [0.25, 0.3) is 0 Å². The molecule has 126 valence electrons. The molecule has 0 radical (unpaired) electrons. The summed E-state index contributed by atoms with van der Waals surface area (Å²) in [6.07, 6.45) is 8.17. The largest absolute Gasteiger partial charge is 0.361 e. The van der Waals surface area contributed by atoms with Crippen LogP contribution in [0.25, 0.3) is 0 Å². The number of nitrogens with zero attached hydrogens (tertiary/aromatic N) is 3. The highest BCUT2D eigenvalue weighted by molar-refractivity contribution is 5.74. The molecule has 0 aliphatic heterocycles. The lowest BCUT2D eigenvalue weighted by molar-refractivity contribution is 0.237. The number of nitrogens with one attached hydrogen (secondary N) is 2.